The lowest BCUT2D eigenvalue weighted by molar-refractivity contribution is -0.144. The fourth-order valence-electron chi connectivity index (χ4n) is 4.96. The van der Waals surface area contributed by atoms with Gasteiger partial charge in [0.25, 0.3) is 5.91 Å². The van der Waals surface area contributed by atoms with Gasteiger partial charge < -0.3 is 30.5 Å². The number of aliphatic hydroxyl groups excluding tert-OH is 1. The van der Waals surface area contributed by atoms with E-state index in [1.54, 1.807) is 73.8 Å². The van der Waals surface area contributed by atoms with E-state index in [1.165, 1.54) is 23.9 Å². The van der Waals surface area contributed by atoms with Crippen LogP contribution in [0.3, 0.4) is 0 Å². The number of rotatable bonds is 14. The van der Waals surface area contributed by atoms with Crippen LogP contribution in [-0.2, 0) is 19.2 Å². The third-order valence-corrected chi connectivity index (χ3v) is 9.61. The van der Waals surface area contributed by atoms with Crippen LogP contribution in [0.1, 0.15) is 44.0 Å². The van der Waals surface area contributed by atoms with Crippen LogP contribution in [-0.4, -0.2) is 70.4 Å². The van der Waals surface area contributed by atoms with Crippen LogP contribution in [0.4, 0.5) is 10.1 Å². The molecule has 0 bridgehead atoms. The number of amides is 3. The van der Waals surface area contributed by atoms with Crippen LogP contribution < -0.4 is 20.3 Å². The molecule has 1 aliphatic heterocycles. The van der Waals surface area contributed by atoms with E-state index in [9.17, 15) is 33.8 Å². The summed E-state index contributed by atoms with van der Waals surface area (Å²) >= 11 is 2.96. The number of hydrogen-bond acceptors (Lipinski definition) is 8. The Bertz CT molecular complexity index is 1560. The van der Waals surface area contributed by atoms with Crippen molar-refractivity contribution in [1.29, 1.82) is 0 Å². The van der Waals surface area contributed by atoms with E-state index in [0.717, 1.165) is 16.0 Å². The standard InChI is InChI=1S/C34H38FN3O7S2/c1-34(2,3)31(33(43)44)37-27(40)17-36-28(41)18-45-24-13-5-21(6-14-24)29-30(32(42)38(29)23-11-9-22(35)10-12-23)47-19-26(39)20-7-15-25(46-4)16-8-20/h5-16,26,29-31,39H,17-19H2,1-4H3,(H,36,41)(H,37,40)(H,43,44)/t26?,29-,30-,31+/m1/s1. The predicted molar refractivity (Wildman–Crippen MR) is 180 cm³/mol. The second-order valence-corrected chi connectivity index (χ2v) is 14.1. The highest BCUT2D eigenvalue weighted by Crippen LogP contribution is 2.46. The number of benzene rings is 3. The molecule has 4 rings (SSSR count). The Morgan fingerprint density at radius 3 is 2.19 bits per heavy atom. The minimum Gasteiger partial charge on any atom is -0.484 e. The van der Waals surface area contributed by atoms with Crippen molar-refractivity contribution in [2.24, 2.45) is 5.41 Å². The van der Waals surface area contributed by atoms with Crippen molar-refractivity contribution < 1.29 is 38.5 Å². The molecule has 1 saturated heterocycles. The number of hydrogen-bond donors (Lipinski definition) is 4. The van der Waals surface area contributed by atoms with Crippen molar-refractivity contribution in [1.82, 2.24) is 10.6 Å². The smallest absolute Gasteiger partial charge is 0.326 e. The molecule has 3 aromatic rings. The second-order valence-electron chi connectivity index (χ2n) is 12.0. The average molecular weight is 684 g/mol. The van der Waals surface area contributed by atoms with E-state index in [0.29, 0.717) is 17.2 Å². The van der Waals surface area contributed by atoms with E-state index in [2.05, 4.69) is 10.6 Å². The third-order valence-electron chi connectivity index (χ3n) is 7.54. The molecule has 0 saturated carbocycles. The summed E-state index contributed by atoms with van der Waals surface area (Å²) in [4.78, 5) is 52.0. The number of carbonyl (C=O) groups is 4. The molecule has 0 aliphatic carbocycles. The molecule has 3 amide bonds. The van der Waals surface area contributed by atoms with Crippen LogP contribution in [0.15, 0.2) is 77.7 Å². The Balaban J connectivity index is 1.37. The van der Waals surface area contributed by atoms with Gasteiger partial charge in [-0.3, -0.25) is 14.4 Å². The van der Waals surface area contributed by atoms with Crippen LogP contribution in [0.2, 0.25) is 0 Å². The molecule has 250 valence electrons. The Hall–Kier alpha value is -4.07. The Labute approximate surface area is 281 Å². The van der Waals surface area contributed by atoms with Gasteiger partial charge in [-0.25, -0.2) is 9.18 Å². The van der Waals surface area contributed by atoms with Gasteiger partial charge in [0.2, 0.25) is 11.8 Å². The summed E-state index contributed by atoms with van der Waals surface area (Å²) in [7, 11) is 0. The van der Waals surface area contributed by atoms with Crippen molar-refractivity contribution in [2.75, 3.05) is 30.1 Å². The SMILES string of the molecule is CSc1ccc(C(O)CS[C@H]2C(=O)N(c3ccc(F)cc3)[C@@H]2c2ccc(OCC(=O)NCC(=O)N[C@@H](C(=O)O)C(C)(C)C)cc2)cc1. The molecule has 1 unspecified atom stereocenters. The van der Waals surface area contributed by atoms with Crippen molar-refractivity contribution in [3.05, 3.63) is 89.7 Å². The summed E-state index contributed by atoms with van der Waals surface area (Å²) in [6, 6.07) is 18.7. The van der Waals surface area contributed by atoms with Gasteiger partial charge in [-0.1, -0.05) is 45.0 Å². The zero-order valence-corrected chi connectivity index (χ0v) is 28.1. The van der Waals surface area contributed by atoms with E-state index >= 15 is 0 Å². The average Bonchev–Trinajstić information content (AvgIpc) is 3.04. The number of nitrogens with one attached hydrogen (secondary N) is 2. The summed E-state index contributed by atoms with van der Waals surface area (Å²) in [5, 5.41) is 24.5. The van der Waals surface area contributed by atoms with Gasteiger partial charge in [-0.05, 0) is 71.3 Å². The summed E-state index contributed by atoms with van der Waals surface area (Å²) in [6.45, 7) is 4.26. The van der Waals surface area contributed by atoms with Crippen LogP contribution in [0.5, 0.6) is 5.75 Å². The number of carboxylic acid groups (broad SMARTS) is 1. The first-order chi connectivity index (χ1) is 22.3. The molecule has 3 aromatic carbocycles. The summed E-state index contributed by atoms with van der Waals surface area (Å²) in [5.74, 6) is -2.29. The predicted octanol–water partition coefficient (Wildman–Crippen LogP) is 4.58. The fourth-order valence-corrected chi connectivity index (χ4v) is 6.66. The highest BCUT2D eigenvalue weighted by atomic mass is 32.2. The molecule has 10 nitrogen and oxygen atoms in total. The first-order valence-corrected chi connectivity index (χ1v) is 17.1. The molecule has 0 spiro atoms. The minimum absolute atomic E-state index is 0.158. The molecular weight excluding hydrogens is 646 g/mol. The number of carboxylic acids is 1. The molecule has 1 aliphatic rings. The van der Waals surface area contributed by atoms with Crippen LogP contribution >= 0.6 is 23.5 Å². The van der Waals surface area contributed by atoms with Gasteiger partial charge in [0.1, 0.15) is 22.9 Å². The topological polar surface area (TPSA) is 145 Å². The molecule has 13 heteroatoms. The Morgan fingerprint density at radius 2 is 1.62 bits per heavy atom. The van der Waals surface area contributed by atoms with Gasteiger partial charge >= 0.3 is 5.97 Å². The molecule has 4 N–H and O–H groups in total. The maximum Gasteiger partial charge on any atom is 0.326 e. The number of halogens is 1. The maximum absolute atomic E-state index is 13.6. The number of thioether (sulfide) groups is 2. The molecular formula is C34H38FN3O7S2. The van der Waals surface area contributed by atoms with Gasteiger partial charge in [-0.2, -0.15) is 0 Å². The summed E-state index contributed by atoms with van der Waals surface area (Å²) < 4.78 is 19.2. The highest BCUT2D eigenvalue weighted by molar-refractivity contribution is 8.00. The minimum atomic E-state index is -1.17. The van der Waals surface area contributed by atoms with Crippen LogP contribution in [0.25, 0.3) is 0 Å². The monoisotopic (exact) mass is 683 g/mol. The number of β-lactam (4-membered cyclic amide) rings is 1. The Kier molecular flexibility index (Phi) is 11.9. The van der Waals surface area contributed by atoms with Gasteiger partial charge in [-0.15, -0.1) is 23.5 Å². The number of ether oxygens (including phenoxy) is 1. The lowest BCUT2D eigenvalue weighted by Gasteiger charge is -2.47. The molecule has 1 fully saturated rings. The molecule has 0 aromatic heterocycles. The first kappa shape index (κ1) is 35.8. The molecule has 1 heterocycles. The lowest BCUT2D eigenvalue weighted by atomic mass is 9.87. The van der Waals surface area contributed by atoms with Gasteiger partial charge in [0.15, 0.2) is 6.61 Å². The van der Waals surface area contributed by atoms with Crippen molar-refractivity contribution in [2.45, 2.75) is 49.1 Å². The van der Waals surface area contributed by atoms with Gasteiger partial charge in [0, 0.05) is 16.3 Å². The fraction of sp³-hybridized carbons (Fsp3) is 0.353. The van der Waals surface area contributed by atoms with E-state index < -0.39 is 59.0 Å². The van der Waals surface area contributed by atoms with Crippen molar-refractivity contribution >= 4 is 52.9 Å². The van der Waals surface area contributed by atoms with E-state index in [-0.39, 0.29) is 12.5 Å². The molecule has 0 radical (unpaired) electrons. The maximum atomic E-state index is 13.6. The van der Waals surface area contributed by atoms with Gasteiger partial charge in [0.05, 0.1) is 18.7 Å². The normalized spacial score (nSPS) is 17.3. The zero-order chi connectivity index (χ0) is 34.3. The number of anilines is 1. The third kappa shape index (κ3) is 9.27. The highest BCUT2D eigenvalue weighted by Gasteiger charge is 2.49. The van der Waals surface area contributed by atoms with E-state index in [1.807, 2.05) is 30.5 Å². The largest absolute Gasteiger partial charge is 0.484 e. The lowest BCUT2D eigenvalue weighted by Crippen LogP contribution is -2.57. The van der Waals surface area contributed by atoms with Crippen molar-refractivity contribution in [3.8, 4) is 5.75 Å². The van der Waals surface area contributed by atoms with Crippen molar-refractivity contribution in [3.63, 3.8) is 0 Å². The summed E-state index contributed by atoms with van der Waals surface area (Å²) in [6.07, 6.45) is 1.21. The zero-order valence-electron chi connectivity index (χ0n) is 26.4. The number of aliphatic carboxylic acids is 1. The number of carbonyl (C=O) groups excluding carboxylic acids is 3. The Morgan fingerprint density at radius 1 is 0.979 bits per heavy atom. The second kappa shape index (κ2) is 15.7. The molecule has 4 atom stereocenters. The first-order valence-electron chi connectivity index (χ1n) is 14.8. The summed E-state index contributed by atoms with van der Waals surface area (Å²) in [5.41, 5.74) is 1.37. The molecule has 47 heavy (non-hydrogen) atoms. The van der Waals surface area contributed by atoms with Crippen LogP contribution in [0, 0.1) is 11.2 Å². The van der Waals surface area contributed by atoms with E-state index in [4.69, 9.17) is 4.74 Å². The number of aliphatic hydroxyl groups is 1. The quantitative estimate of drug-likeness (QED) is 0.142. The number of nitrogens with zero attached hydrogens (tertiary/aromatic N) is 1.